The summed E-state index contributed by atoms with van der Waals surface area (Å²) in [6.45, 7) is 6.30. The van der Waals surface area contributed by atoms with E-state index in [2.05, 4.69) is 24.3 Å². The van der Waals surface area contributed by atoms with Crippen molar-refractivity contribution in [2.45, 2.75) is 71.9 Å². The normalized spacial score (nSPS) is 20.3. The summed E-state index contributed by atoms with van der Waals surface area (Å²) in [5.41, 5.74) is 0.768. The molecule has 1 aliphatic rings. The molecule has 0 spiro atoms. The van der Waals surface area contributed by atoms with Crippen LogP contribution in [0.4, 0.5) is 0 Å². The van der Waals surface area contributed by atoms with E-state index in [0.29, 0.717) is 18.2 Å². The van der Waals surface area contributed by atoms with Crippen molar-refractivity contribution in [1.82, 2.24) is 15.1 Å². The van der Waals surface area contributed by atoms with Gasteiger partial charge in [-0.05, 0) is 32.1 Å². The zero-order valence-electron chi connectivity index (χ0n) is 15.3. The zero-order chi connectivity index (χ0) is 18.4. The van der Waals surface area contributed by atoms with Gasteiger partial charge in [-0.3, -0.25) is 9.48 Å². The predicted molar refractivity (Wildman–Crippen MR) is 96.7 cm³/mol. The van der Waals surface area contributed by atoms with Gasteiger partial charge in [0.15, 0.2) is 6.61 Å². The standard InChI is InChI=1S/C18H28ClN3O3/c1-4-5-10-22-17(19)16(13(3)21-22)18(24)25-11-15(23)20-14-9-7-6-8-12(14)2/h12,14H,4-11H2,1-3H3,(H,20,23)/t12-,14-/m0/s1. The third kappa shape index (κ3) is 5.21. The van der Waals surface area contributed by atoms with Crippen molar-refractivity contribution in [3.05, 3.63) is 16.4 Å². The summed E-state index contributed by atoms with van der Waals surface area (Å²) >= 11 is 6.25. The largest absolute Gasteiger partial charge is 0.452 e. The molecular formula is C18H28ClN3O3. The number of aryl methyl sites for hydroxylation is 2. The van der Waals surface area contributed by atoms with Crippen molar-refractivity contribution >= 4 is 23.5 Å². The van der Waals surface area contributed by atoms with E-state index in [-0.39, 0.29) is 29.3 Å². The van der Waals surface area contributed by atoms with Crippen LogP contribution in [0.2, 0.25) is 5.15 Å². The monoisotopic (exact) mass is 369 g/mol. The highest BCUT2D eigenvalue weighted by molar-refractivity contribution is 6.32. The molecule has 1 saturated carbocycles. The first-order valence-electron chi connectivity index (χ1n) is 9.13. The van der Waals surface area contributed by atoms with Gasteiger partial charge in [0.2, 0.25) is 0 Å². The molecule has 1 aromatic heterocycles. The van der Waals surface area contributed by atoms with Gasteiger partial charge in [-0.2, -0.15) is 5.10 Å². The van der Waals surface area contributed by atoms with Gasteiger partial charge in [-0.15, -0.1) is 0 Å². The molecule has 0 aromatic carbocycles. The van der Waals surface area contributed by atoms with Gasteiger partial charge in [0.1, 0.15) is 10.7 Å². The molecule has 25 heavy (non-hydrogen) atoms. The Morgan fingerprint density at radius 3 is 2.76 bits per heavy atom. The van der Waals surface area contributed by atoms with E-state index in [1.165, 1.54) is 6.42 Å². The number of hydrogen-bond donors (Lipinski definition) is 1. The number of aromatic nitrogens is 2. The van der Waals surface area contributed by atoms with Crippen LogP contribution in [0.15, 0.2) is 0 Å². The number of rotatable bonds is 7. The molecule has 2 atom stereocenters. The fraction of sp³-hybridized carbons (Fsp3) is 0.722. The Labute approximate surface area is 154 Å². The molecule has 140 valence electrons. The zero-order valence-corrected chi connectivity index (χ0v) is 16.1. The summed E-state index contributed by atoms with van der Waals surface area (Å²) in [7, 11) is 0. The lowest BCUT2D eigenvalue weighted by Gasteiger charge is -2.29. The molecule has 1 amide bonds. The first-order chi connectivity index (χ1) is 11.9. The molecule has 1 fully saturated rings. The van der Waals surface area contributed by atoms with Gasteiger partial charge >= 0.3 is 5.97 Å². The van der Waals surface area contributed by atoms with Crippen LogP contribution >= 0.6 is 11.6 Å². The lowest BCUT2D eigenvalue weighted by molar-refractivity contribution is -0.125. The summed E-state index contributed by atoms with van der Waals surface area (Å²) < 4.78 is 6.77. The molecule has 1 aliphatic carbocycles. The number of nitrogens with zero attached hydrogens (tertiary/aromatic N) is 2. The highest BCUT2D eigenvalue weighted by atomic mass is 35.5. The summed E-state index contributed by atoms with van der Waals surface area (Å²) in [4.78, 5) is 24.4. The molecule has 1 heterocycles. The Morgan fingerprint density at radius 1 is 1.36 bits per heavy atom. The SMILES string of the molecule is CCCCn1nc(C)c(C(=O)OCC(=O)N[C@H]2CCCC[C@@H]2C)c1Cl. The van der Waals surface area contributed by atoms with E-state index in [1.807, 2.05) is 0 Å². The topological polar surface area (TPSA) is 73.2 Å². The predicted octanol–water partition coefficient (Wildman–Crippen LogP) is 3.50. The van der Waals surface area contributed by atoms with Gasteiger partial charge in [0.25, 0.3) is 5.91 Å². The van der Waals surface area contributed by atoms with Gasteiger partial charge in [0.05, 0.1) is 5.69 Å². The quantitative estimate of drug-likeness (QED) is 0.746. The molecule has 7 heteroatoms. The third-order valence-corrected chi connectivity index (χ3v) is 5.17. The molecular weight excluding hydrogens is 342 g/mol. The van der Waals surface area contributed by atoms with Crippen LogP contribution in [-0.2, 0) is 16.1 Å². The van der Waals surface area contributed by atoms with Crippen molar-refractivity contribution < 1.29 is 14.3 Å². The molecule has 0 saturated heterocycles. The van der Waals surface area contributed by atoms with Gasteiger partial charge in [-0.1, -0.05) is 44.7 Å². The highest BCUT2D eigenvalue weighted by Crippen LogP contribution is 2.24. The Bertz CT molecular complexity index is 615. The van der Waals surface area contributed by atoms with Crippen molar-refractivity contribution in [2.75, 3.05) is 6.61 Å². The van der Waals surface area contributed by atoms with Crippen LogP contribution < -0.4 is 5.32 Å². The minimum atomic E-state index is -0.600. The van der Waals surface area contributed by atoms with E-state index in [4.69, 9.17) is 16.3 Å². The molecule has 2 rings (SSSR count). The number of carbonyl (C=O) groups excluding carboxylic acids is 2. The number of carbonyl (C=O) groups is 2. The number of esters is 1. The number of ether oxygens (including phenoxy) is 1. The minimum absolute atomic E-state index is 0.169. The number of nitrogens with one attached hydrogen (secondary N) is 1. The Balaban J connectivity index is 1.89. The Hall–Kier alpha value is -1.56. The van der Waals surface area contributed by atoms with Crippen molar-refractivity contribution in [1.29, 1.82) is 0 Å². The number of halogens is 1. The highest BCUT2D eigenvalue weighted by Gasteiger charge is 2.25. The summed E-state index contributed by atoms with van der Waals surface area (Å²) in [5.74, 6) is -0.404. The first kappa shape index (κ1) is 19.8. The van der Waals surface area contributed by atoms with Gasteiger partial charge in [0, 0.05) is 12.6 Å². The van der Waals surface area contributed by atoms with Crippen LogP contribution in [-0.4, -0.2) is 34.3 Å². The Kier molecular flexibility index (Phi) is 7.29. The van der Waals surface area contributed by atoms with Crippen LogP contribution in [0.25, 0.3) is 0 Å². The minimum Gasteiger partial charge on any atom is -0.452 e. The number of amides is 1. The number of hydrogen-bond acceptors (Lipinski definition) is 4. The van der Waals surface area contributed by atoms with Crippen LogP contribution in [0, 0.1) is 12.8 Å². The second-order valence-corrected chi connectivity index (χ2v) is 7.20. The van der Waals surface area contributed by atoms with Gasteiger partial charge in [-0.25, -0.2) is 4.79 Å². The van der Waals surface area contributed by atoms with E-state index < -0.39 is 5.97 Å². The number of unbranched alkanes of at least 4 members (excludes halogenated alkanes) is 1. The smallest absolute Gasteiger partial charge is 0.343 e. The van der Waals surface area contributed by atoms with Crippen molar-refractivity contribution in [3.63, 3.8) is 0 Å². The van der Waals surface area contributed by atoms with Crippen LogP contribution in [0.5, 0.6) is 0 Å². The average Bonchev–Trinajstić information content (AvgIpc) is 2.86. The Morgan fingerprint density at radius 2 is 2.08 bits per heavy atom. The van der Waals surface area contributed by atoms with E-state index in [0.717, 1.165) is 32.1 Å². The molecule has 6 nitrogen and oxygen atoms in total. The molecule has 1 aromatic rings. The lowest BCUT2D eigenvalue weighted by atomic mass is 9.86. The van der Waals surface area contributed by atoms with E-state index >= 15 is 0 Å². The molecule has 1 N–H and O–H groups in total. The van der Waals surface area contributed by atoms with Crippen molar-refractivity contribution in [3.8, 4) is 0 Å². The average molecular weight is 370 g/mol. The molecule has 0 radical (unpaired) electrons. The molecule has 0 unspecified atom stereocenters. The maximum Gasteiger partial charge on any atom is 0.343 e. The van der Waals surface area contributed by atoms with E-state index in [9.17, 15) is 9.59 Å². The fourth-order valence-corrected chi connectivity index (χ4v) is 3.56. The first-order valence-corrected chi connectivity index (χ1v) is 9.51. The van der Waals surface area contributed by atoms with Crippen LogP contribution in [0.1, 0.15) is 68.4 Å². The van der Waals surface area contributed by atoms with Crippen molar-refractivity contribution in [2.24, 2.45) is 5.92 Å². The van der Waals surface area contributed by atoms with E-state index in [1.54, 1.807) is 11.6 Å². The lowest BCUT2D eigenvalue weighted by Crippen LogP contribution is -2.42. The summed E-state index contributed by atoms with van der Waals surface area (Å²) in [6.07, 6.45) is 6.38. The third-order valence-electron chi connectivity index (χ3n) is 4.79. The summed E-state index contributed by atoms with van der Waals surface area (Å²) in [6, 6.07) is 0.169. The van der Waals surface area contributed by atoms with Gasteiger partial charge < -0.3 is 10.1 Å². The maximum atomic E-state index is 12.3. The van der Waals surface area contributed by atoms with Crippen LogP contribution in [0.3, 0.4) is 0 Å². The molecule has 0 bridgehead atoms. The second kappa shape index (κ2) is 9.22. The second-order valence-electron chi connectivity index (χ2n) is 6.84. The molecule has 0 aliphatic heterocycles. The maximum absolute atomic E-state index is 12.3. The fourth-order valence-electron chi connectivity index (χ4n) is 3.22. The summed E-state index contributed by atoms with van der Waals surface area (Å²) in [5, 5.41) is 7.53.